The van der Waals surface area contributed by atoms with Gasteiger partial charge in [0.1, 0.15) is 22.7 Å². The molecule has 4 atom stereocenters. The van der Waals surface area contributed by atoms with Gasteiger partial charge in [-0.1, -0.05) is 97.1 Å². The zero-order valence-electron chi connectivity index (χ0n) is 24.9. The Labute approximate surface area is 266 Å². The summed E-state index contributed by atoms with van der Waals surface area (Å²) in [4.78, 5) is 4.97. The molecular formula is C42H28N2O2. The first-order valence-electron chi connectivity index (χ1n) is 16.1. The minimum Gasteiger partial charge on any atom is -0.460 e. The van der Waals surface area contributed by atoms with E-state index in [-0.39, 0.29) is 23.9 Å². The van der Waals surface area contributed by atoms with Crippen LogP contribution in [0.2, 0.25) is 0 Å². The topological polar surface area (TPSA) is 32.8 Å². The molecule has 0 saturated heterocycles. The van der Waals surface area contributed by atoms with E-state index >= 15 is 0 Å². The molecule has 5 aromatic carbocycles. The van der Waals surface area contributed by atoms with E-state index in [4.69, 9.17) is 8.83 Å². The molecule has 0 N–H and O–H groups in total. The third-order valence-corrected chi connectivity index (χ3v) is 10.6. The third-order valence-electron chi connectivity index (χ3n) is 10.6. The third kappa shape index (κ3) is 3.13. The average Bonchev–Trinajstić information content (AvgIpc) is 3.85. The summed E-state index contributed by atoms with van der Waals surface area (Å²) in [6, 6.07) is 43.8. The number of hydrogen-bond acceptors (Lipinski definition) is 4. The van der Waals surface area contributed by atoms with Gasteiger partial charge < -0.3 is 18.6 Å². The van der Waals surface area contributed by atoms with Crippen LogP contribution in [0.4, 0.5) is 22.7 Å². The fourth-order valence-corrected chi connectivity index (χ4v) is 8.67. The summed E-state index contributed by atoms with van der Waals surface area (Å²) >= 11 is 0. The summed E-state index contributed by atoms with van der Waals surface area (Å²) in [6.07, 6.45) is 9.25. The Hall–Kier alpha value is -5.74. The Balaban J connectivity index is 0.997. The van der Waals surface area contributed by atoms with Crippen molar-refractivity contribution in [3.63, 3.8) is 0 Å². The van der Waals surface area contributed by atoms with Crippen LogP contribution >= 0.6 is 0 Å². The molecule has 46 heavy (non-hydrogen) atoms. The molecule has 0 fully saturated rings. The van der Waals surface area contributed by atoms with Crippen molar-refractivity contribution >= 4 is 56.8 Å². The fourth-order valence-electron chi connectivity index (χ4n) is 8.67. The summed E-state index contributed by atoms with van der Waals surface area (Å²) in [6.45, 7) is 0. The van der Waals surface area contributed by atoms with Crippen LogP contribution in [0.3, 0.4) is 0 Å². The lowest BCUT2D eigenvalue weighted by Gasteiger charge is -2.32. The minimum atomic E-state index is 0.139. The lowest BCUT2D eigenvalue weighted by molar-refractivity contribution is 0.504. The van der Waals surface area contributed by atoms with Crippen molar-refractivity contribution < 1.29 is 8.83 Å². The van der Waals surface area contributed by atoms with Crippen molar-refractivity contribution in [2.45, 2.75) is 23.9 Å². The Morgan fingerprint density at radius 1 is 0.435 bits per heavy atom. The van der Waals surface area contributed by atoms with E-state index in [1.165, 1.54) is 55.8 Å². The quantitative estimate of drug-likeness (QED) is 0.200. The SMILES string of the molecule is C1=CC2C(c3ccccc3N2c2ccc(N3c4ccccc4C4c5oc6ccccc6c5C=CC43)cc2)c2oc3ccccc3c21. The van der Waals surface area contributed by atoms with Gasteiger partial charge in [0.15, 0.2) is 0 Å². The number of hydrogen-bond donors (Lipinski definition) is 0. The molecule has 4 aliphatic rings. The van der Waals surface area contributed by atoms with Gasteiger partial charge in [-0.25, -0.2) is 0 Å². The molecule has 0 amide bonds. The predicted octanol–water partition coefficient (Wildman–Crippen LogP) is 10.5. The van der Waals surface area contributed by atoms with E-state index in [2.05, 4.69) is 155 Å². The van der Waals surface area contributed by atoms with Crippen molar-refractivity contribution in [1.82, 2.24) is 0 Å². The van der Waals surface area contributed by atoms with Crippen LogP contribution in [-0.4, -0.2) is 12.1 Å². The molecule has 4 heteroatoms. The van der Waals surface area contributed by atoms with E-state index in [0.717, 1.165) is 22.7 Å². The molecule has 4 nitrogen and oxygen atoms in total. The van der Waals surface area contributed by atoms with Crippen LogP contribution in [0.25, 0.3) is 34.1 Å². The van der Waals surface area contributed by atoms with Crippen LogP contribution in [-0.2, 0) is 0 Å². The highest BCUT2D eigenvalue weighted by Crippen LogP contribution is 2.55. The highest BCUT2D eigenvalue weighted by atomic mass is 16.3. The van der Waals surface area contributed by atoms with E-state index in [9.17, 15) is 0 Å². The first-order valence-corrected chi connectivity index (χ1v) is 16.1. The zero-order chi connectivity index (χ0) is 29.9. The van der Waals surface area contributed by atoms with Gasteiger partial charge in [-0.05, 0) is 59.7 Å². The van der Waals surface area contributed by atoms with Crippen molar-refractivity contribution in [3.8, 4) is 0 Å². The first kappa shape index (κ1) is 24.6. The van der Waals surface area contributed by atoms with Gasteiger partial charge in [-0.15, -0.1) is 0 Å². The molecule has 4 unspecified atom stereocenters. The van der Waals surface area contributed by atoms with Gasteiger partial charge >= 0.3 is 0 Å². The van der Waals surface area contributed by atoms with Crippen molar-refractivity contribution in [2.24, 2.45) is 0 Å². The molecule has 7 aromatic rings. The Morgan fingerprint density at radius 3 is 1.33 bits per heavy atom. The van der Waals surface area contributed by atoms with E-state index in [0.29, 0.717) is 0 Å². The summed E-state index contributed by atoms with van der Waals surface area (Å²) in [5.74, 6) is 2.41. The summed E-state index contributed by atoms with van der Waals surface area (Å²) in [7, 11) is 0. The van der Waals surface area contributed by atoms with Gasteiger partial charge in [-0.2, -0.15) is 0 Å². The molecule has 218 valence electrons. The normalized spacial score (nSPS) is 21.7. The number of nitrogens with zero attached hydrogens (tertiary/aromatic N) is 2. The Kier molecular flexibility index (Phi) is 4.76. The monoisotopic (exact) mass is 592 g/mol. The van der Waals surface area contributed by atoms with Gasteiger partial charge in [0.2, 0.25) is 0 Å². The van der Waals surface area contributed by atoms with Gasteiger partial charge in [0, 0.05) is 44.6 Å². The van der Waals surface area contributed by atoms with Gasteiger partial charge in [-0.3, -0.25) is 0 Å². The molecule has 0 saturated carbocycles. The molecule has 11 rings (SSSR count). The van der Waals surface area contributed by atoms with Crippen LogP contribution in [0, 0.1) is 0 Å². The Bertz CT molecular complexity index is 2260. The highest BCUT2D eigenvalue weighted by Gasteiger charge is 2.45. The van der Waals surface area contributed by atoms with Gasteiger partial charge in [0.05, 0.1) is 23.9 Å². The molecule has 4 heterocycles. The van der Waals surface area contributed by atoms with Crippen molar-refractivity contribution in [3.05, 3.63) is 167 Å². The number of para-hydroxylation sites is 4. The fraction of sp³-hybridized carbons (Fsp3) is 0.0952. The van der Waals surface area contributed by atoms with Crippen LogP contribution in [0.1, 0.15) is 45.6 Å². The van der Waals surface area contributed by atoms with Crippen LogP contribution in [0.5, 0.6) is 0 Å². The highest BCUT2D eigenvalue weighted by molar-refractivity contribution is 5.93. The summed E-state index contributed by atoms with van der Waals surface area (Å²) in [5, 5.41) is 2.37. The number of anilines is 4. The van der Waals surface area contributed by atoms with Crippen LogP contribution < -0.4 is 9.80 Å². The lowest BCUT2D eigenvalue weighted by Crippen LogP contribution is -2.31. The van der Waals surface area contributed by atoms with E-state index in [1.807, 2.05) is 0 Å². The minimum absolute atomic E-state index is 0.139. The molecular weight excluding hydrogens is 564 g/mol. The molecule has 0 radical (unpaired) electrons. The molecule has 2 aromatic heterocycles. The van der Waals surface area contributed by atoms with E-state index < -0.39 is 0 Å². The second kappa shape index (κ2) is 8.92. The largest absolute Gasteiger partial charge is 0.460 e. The molecule has 2 aliphatic carbocycles. The zero-order valence-corrected chi connectivity index (χ0v) is 24.9. The average molecular weight is 593 g/mol. The van der Waals surface area contributed by atoms with Gasteiger partial charge in [0.25, 0.3) is 0 Å². The van der Waals surface area contributed by atoms with E-state index in [1.54, 1.807) is 0 Å². The number of fused-ring (bicyclic) bond motifs is 14. The summed E-state index contributed by atoms with van der Waals surface area (Å²) < 4.78 is 13.1. The predicted molar refractivity (Wildman–Crippen MR) is 185 cm³/mol. The summed E-state index contributed by atoms with van der Waals surface area (Å²) in [5.41, 5.74) is 11.8. The maximum absolute atomic E-state index is 6.56. The second-order valence-electron chi connectivity index (χ2n) is 12.8. The van der Waals surface area contributed by atoms with Crippen molar-refractivity contribution in [2.75, 3.05) is 9.80 Å². The second-order valence-corrected chi connectivity index (χ2v) is 12.8. The molecule has 0 spiro atoms. The number of rotatable bonds is 2. The first-order chi connectivity index (χ1) is 22.8. The number of furan rings is 2. The maximum Gasteiger partial charge on any atom is 0.134 e. The standard InChI is InChI=1S/C42H28N2O2/c1-5-13-33-31(11-1)39-35(23-21-29-27-9-3-7-15-37(27)45-41(29)39)43(33)25-17-19-26(20-18-25)44-34-14-6-2-12-32(34)40-36(44)24-22-30-28-10-4-8-16-38(28)46-42(30)40/h1-24,35-36,39-40H. The van der Waals surface area contributed by atoms with Crippen LogP contribution in [0.15, 0.2) is 142 Å². The molecule has 2 aliphatic heterocycles. The molecule has 0 bridgehead atoms. The number of benzene rings is 5. The Morgan fingerprint density at radius 2 is 0.848 bits per heavy atom. The lowest BCUT2D eigenvalue weighted by atomic mass is 9.85. The maximum atomic E-state index is 6.56. The smallest absolute Gasteiger partial charge is 0.134 e. The van der Waals surface area contributed by atoms with Crippen molar-refractivity contribution in [1.29, 1.82) is 0 Å².